The van der Waals surface area contributed by atoms with Gasteiger partial charge in [-0.2, -0.15) is 0 Å². The summed E-state index contributed by atoms with van der Waals surface area (Å²) in [6, 6.07) is 0. The number of ether oxygens (including phenoxy) is 1. The molecule has 0 N–H and O–H groups in total. The van der Waals surface area contributed by atoms with Crippen LogP contribution in [0.3, 0.4) is 0 Å². The Morgan fingerprint density at radius 2 is 2.05 bits per heavy atom. The predicted octanol–water partition coefficient (Wildman–Crippen LogP) is 0.834. The molecular formula is C15H24N2O3S. The predicted molar refractivity (Wildman–Crippen MR) is 82.1 cm³/mol. The molecule has 3 aliphatic rings. The second-order valence-electron chi connectivity index (χ2n) is 6.93. The van der Waals surface area contributed by atoms with E-state index >= 15 is 0 Å². The van der Waals surface area contributed by atoms with Gasteiger partial charge in [0.2, 0.25) is 11.8 Å². The van der Waals surface area contributed by atoms with Crippen molar-refractivity contribution in [3.05, 3.63) is 0 Å². The van der Waals surface area contributed by atoms with Gasteiger partial charge in [0.1, 0.15) is 6.61 Å². The second-order valence-corrected chi connectivity index (χ2v) is 8.42. The van der Waals surface area contributed by atoms with Crippen molar-refractivity contribution in [2.75, 3.05) is 39.5 Å². The van der Waals surface area contributed by atoms with E-state index in [0.717, 1.165) is 31.7 Å². The Balaban J connectivity index is 1.41. The van der Waals surface area contributed by atoms with Crippen molar-refractivity contribution in [1.82, 2.24) is 9.80 Å². The molecule has 0 aromatic carbocycles. The van der Waals surface area contributed by atoms with Gasteiger partial charge in [0, 0.05) is 38.9 Å². The number of amides is 2. The van der Waals surface area contributed by atoms with E-state index in [1.54, 1.807) is 19.0 Å². The fourth-order valence-corrected chi connectivity index (χ4v) is 4.71. The zero-order chi connectivity index (χ0) is 15.2. The number of carbonyl (C=O) groups excluding carboxylic acids is 2. The van der Waals surface area contributed by atoms with Crippen LogP contribution in [-0.4, -0.2) is 72.0 Å². The van der Waals surface area contributed by atoms with Crippen molar-refractivity contribution in [3.63, 3.8) is 0 Å². The molecule has 0 radical (unpaired) electrons. The molecular weight excluding hydrogens is 288 g/mol. The molecule has 6 heteroatoms. The minimum absolute atomic E-state index is 0.00841. The van der Waals surface area contributed by atoms with Gasteiger partial charge in [0.05, 0.1) is 10.9 Å². The summed E-state index contributed by atoms with van der Waals surface area (Å²) in [6.45, 7) is 4.03. The summed E-state index contributed by atoms with van der Waals surface area (Å²) >= 11 is 1.91. The second kappa shape index (κ2) is 5.47. The van der Waals surface area contributed by atoms with Crippen molar-refractivity contribution in [2.24, 2.45) is 11.8 Å². The highest BCUT2D eigenvalue weighted by Crippen LogP contribution is 2.48. The van der Waals surface area contributed by atoms with Crippen LogP contribution in [0.5, 0.6) is 0 Å². The van der Waals surface area contributed by atoms with Gasteiger partial charge in [-0.25, -0.2) is 0 Å². The number of hydrogen-bond acceptors (Lipinski definition) is 4. The monoisotopic (exact) mass is 312 g/mol. The Hall–Kier alpha value is -0.750. The molecule has 3 fully saturated rings. The highest BCUT2D eigenvalue weighted by molar-refractivity contribution is 8.01. The molecule has 0 unspecified atom stereocenters. The van der Waals surface area contributed by atoms with Gasteiger partial charge in [-0.3, -0.25) is 9.59 Å². The lowest BCUT2D eigenvalue weighted by molar-refractivity contribution is -0.138. The molecule has 2 heterocycles. The average molecular weight is 312 g/mol. The molecule has 0 bridgehead atoms. The Morgan fingerprint density at radius 1 is 1.38 bits per heavy atom. The standard InChI is InChI=1S/C15H24N2O3S/c1-10-4-12(10)14(19)17-8-15(9-17)5-11(7-21-15)20-6-13(18)16(2)3/h10-12H,4-9H2,1-3H3/t10-,11-,12+/m1/s1. The molecule has 21 heavy (non-hydrogen) atoms. The molecule has 1 aliphatic carbocycles. The summed E-state index contributed by atoms with van der Waals surface area (Å²) < 4.78 is 5.91. The van der Waals surface area contributed by atoms with Gasteiger partial charge in [-0.1, -0.05) is 6.92 Å². The lowest BCUT2D eigenvalue weighted by Crippen LogP contribution is -2.61. The number of hydrogen-bond donors (Lipinski definition) is 0. The van der Waals surface area contributed by atoms with Gasteiger partial charge in [0.15, 0.2) is 0 Å². The zero-order valence-corrected chi connectivity index (χ0v) is 13.8. The molecule has 2 amide bonds. The number of likely N-dealkylation sites (tertiary alicyclic amines) is 1. The van der Waals surface area contributed by atoms with E-state index in [4.69, 9.17) is 4.74 Å². The number of thioether (sulfide) groups is 1. The van der Waals surface area contributed by atoms with Crippen molar-refractivity contribution in [1.29, 1.82) is 0 Å². The molecule has 1 saturated carbocycles. The number of carbonyl (C=O) groups is 2. The summed E-state index contributed by atoms with van der Waals surface area (Å²) in [5.41, 5.74) is 0. The molecule has 1 spiro atoms. The summed E-state index contributed by atoms with van der Waals surface area (Å²) in [6.07, 6.45) is 2.17. The molecule has 5 nitrogen and oxygen atoms in total. The summed E-state index contributed by atoms with van der Waals surface area (Å²) in [5.74, 6) is 2.16. The Labute approximate surface area is 130 Å². The first kappa shape index (κ1) is 15.2. The lowest BCUT2D eigenvalue weighted by atomic mass is 9.92. The highest BCUT2D eigenvalue weighted by atomic mass is 32.2. The summed E-state index contributed by atoms with van der Waals surface area (Å²) in [7, 11) is 3.48. The van der Waals surface area contributed by atoms with Gasteiger partial charge in [-0.15, -0.1) is 11.8 Å². The summed E-state index contributed by atoms with van der Waals surface area (Å²) in [5, 5.41) is 0. The zero-order valence-electron chi connectivity index (χ0n) is 13.0. The largest absolute Gasteiger partial charge is 0.367 e. The normalized spacial score (nSPS) is 32.9. The smallest absolute Gasteiger partial charge is 0.248 e. The third-order valence-corrected chi connectivity index (χ3v) is 6.39. The maximum absolute atomic E-state index is 12.1. The van der Waals surface area contributed by atoms with Gasteiger partial charge in [-0.05, 0) is 18.8 Å². The first-order valence-electron chi connectivity index (χ1n) is 7.65. The van der Waals surface area contributed by atoms with E-state index in [1.165, 1.54) is 0 Å². The molecule has 3 atom stereocenters. The maximum Gasteiger partial charge on any atom is 0.248 e. The molecule has 2 aliphatic heterocycles. The lowest BCUT2D eigenvalue weighted by Gasteiger charge is -2.47. The van der Waals surface area contributed by atoms with Crippen LogP contribution in [0.4, 0.5) is 0 Å². The maximum atomic E-state index is 12.1. The molecule has 118 valence electrons. The van der Waals surface area contributed by atoms with Crippen molar-refractivity contribution < 1.29 is 14.3 Å². The van der Waals surface area contributed by atoms with E-state index in [0.29, 0.717) is 17.7 Å². The Morgan fingerprint density at radius 3 is 2.62 bits per heavy atom. The number of nitrogens with zero attached hydrogens (tertiary/aromatic N) is 2. The van der Waals surface area contributed by atoms with Crippen molar-refractivity contribution >= 4 is 23.6 Å². The number of likely N-dealkylation sites (N-methyl/N-ethyl adjacent to an activating group) is 1. The first-order valence-corrected chi connectivity index (χ1v) is 8.63. The summed E-state index contributed by atoms with van der Waals surface area (Å²) in [4.78, 5) is 27.2. The van der Waals surface area contributed by atoms with Crippen LogP contribution in [0.25, 0.3) is 0 Å². The average Bonchev–Trinajstić information content (AvgIpc) is 2.98. The van der Waals surface area contributed by atoms with E-state index in [9.17, 15) is 9.59 Å². The van der Waals surface area contributed by atoms with Crippen LogP contribution in [0, 0.1) is 11.8 Å². The van der Waals surface area contributed by atoms with Gasteiger partial charge >= 0.3 is 0 Å². The quantitative estimate of drug-likeness (QED) is 0.772. The van der Waals surface area contributed by atoms with Crippen LogP contribution in [0.15, 0.2) is 0 Å². The van der Waals surface area contributed by atoms with Gasteiger partial charge < -0.3 is 14.5 Å². The fraction of sp³-hybridized carbons (Fsp3) is 0.867. The molecule has 3 rings (SSSR count). The SMILES string of the molecule is C[C@@H]1C[C@@H]1C(=O)N1CC2(C[C@@H](OCC(=O)N(C)C)CS2)C1. The molecule has 0 aromatic rings. The van der Waals surface area contributed by atoms with Crippen LogP contribution < -0.4 is 0 Å². The third-order valence-electron chi connectivity index (χ3n) is 4.81. The van der Waals surface area contributed by atoms with Crippen molar-refractivity contribution in [3.8, 4) is 0 Å². The van der Waals surface area contributed by atoms with E-state index in [2.05, 4.69) is 6.92 Å². The van der Waals surface area contributed by atoms with Crippen LogP contribution in [-0.2, 0) is 14.3 Å². The van der Waals surface area contributed by atoms with E-state index in [1.807, 2.05) is 16.7 Å². The van der Waals surface area contributed by atoms with Crippen molar-refractivity contribution in [2.45, 2.75) is 30.6 Å². The molecule has 2 saturated heterocycles. The first-order chi connectivity index (χ1) is 9.90. The van der Waals surface area contributed by atoms with Gasteiger partial charge in [0.25, 0.3) is 0 Å². The van der Waals surface area contributed by atoms with Crippen LogP contribution in [0.1, 0.15) is 19.8 Å². The van der Waals surface area contributed by atoms with Crippen LogP contribution in [0.2, 0.25) is 0 Å². The van der Waals surface area contributed by atoms with E-state index in [-0.39, 0.29) is 23.4 Å². The number of rotatable bonds is 4. The topological polar surface area (TPSA) is 49.9 Å². The highest BCUT2D eigenvalue weighted by Gasteiger charge is 2.53. The Bertz CT molecular complexity index is 448. The Kier molecular flexibility index (Phi) is 3.94. The fourth-order valence-electron chi connectivity index (χ4n) is 3.15. The minimum Gasteiger partial charge on any atom is -0.367 e. The third kappa shape index (κ3) is 3.06. The van der Waals surface area contributed by atoms with E-state index < -0.39 is 0 Å². The van der Waals surface area contributed by atoms with Crippen LogP contribution >= 0.6 is 11.8 Å². The minimum atomic E-state index is 0.00841. The molecule has 0 aromatic heterocycles.